The Hall–Kier alpha value is -0.130. The molecule has 0 aromatic heterocycles. The van der Waals surface area contributed by atoms with Crippen molar-refractivity contribution in [1.82, 2.24) is 0 Å². The van der Waals surface area contributed by atoms with Crippen molar-refractivity contribution < 1.29 is 17.7 Å². The van der Waals surface area contributed by atoms with E-state index in [1.165, 1.54) is 0 Å². The molecule has 0 bridgehead atoms. The molecule has 1 N–H and O–H groups in total. The molecule has 9 heavy (non-hydrogen) atoms. The van der Waals surface area contributed by atoms with Gasteiger partial charge in [0.1, 0.15) is 6.10 Å². The van der Waals surface area contributed by atoms with Gasteiger partial charge in [0.25, 0.3) is 10.1 Å². The molecule has 0 heterocycles. The van der Waals surface area contributed by atoms with Gasteiger partial charge < -0.3 is 5.11 Å². The smallest absolute Gasteiger partial charge is 0.264 e. The summed E-state index contributed by atoms with van der Waals surface area (Å²) in [6.45, 7) is 0. The van der Waals surface area contributed by atoms with Crippen molar-refractivity contribution in [2.45, 2.75) is 18.6 Å². The van der Waals surface area contributed by atoms with Crippen molar-refractivity contribution in [3.8, 4) is 0 Å². The Kier molecular flexibility index (Phi) is 1.50. The Balaban J connectivity index is 2.37. The molecule has 1 aliphatic carbocycles. The van der Waals surface area contributed by atoms with Crippen LogP contribution in [0.3, 0.4) is 0 Å². The zero-order valence-corrected chi connectivity index (χ0v) is 5.76. The van der Waals surface area contributed by atoms with E-state index < -0.39 is 22.3 Å². The van der Waals surface area contributed by atoms with E-state index in [2.05, 4.69) is 4.18 Å². The Labute approximate surface area is 53.6 Å². The first kappa shape index (κ1) is 6.98. The molecule has 0 aliphatic heterocycles. The van der Waals surface area contributed by atoms with E-state index in [0.717, 1.165) is 6.26 Å². The lowest BCUT2D eigenvalue weighted by atomic mass is 10.8. The number of hydrogen-bond donors (Lipinski definition) is 1. The number of aliphatic hydroxyl groups excluding tert-OH is 1. The molecule has 4 nitrogen and oxygen atoms in total. The molecule has 54 valence electrons. The van der Waals surface area contributed by atoms with Crippen molar-refractivity contribution in [1.29, 1.82) is 0 Å². The Bertz CT molecular complexity index is 195. The summed E-state index contributed by atoms with van der Waals surface area (Å²) in [6.07, 6.45) is 0.366. The van der Waals surface area contributed by atoms with Crippen LogP contribution in [0.15, 0.2) is 0 Å². The van der Waals surface area contributed by atoms with E-state index in [9.17, 15) is 8.42 Å². The van der Waals surface area contributed by atoms with E-state index >= 15 is 0 Å². The molecule has 1 fully saturated rings. The summed E-state index contributed by atoms with van der Waals surface area (Å²) in [4.78, 5) is 0. The predicted molar refractivity (Wildman–Crippen MR) is 30.3 cm³/mol. The van der Waals surface area contributed by atoms with Crippen LogP contribution < -0.4 is 0 Å². The molecule has 5 heteroatoms. The van der Waals surface area contributed by atoms with Crippen LogP contribution in [0.5, 0.6) is 0 Å². The molecule has 0 amide bonds. The van der Waals surface area contributed by atoms with Crippen LogP contribution in [0.25, 0.3) is 0 Å². The summed E-state index contributed by atoms with van der Waals surface area (Å²) in [7, 11) is -3.35. The van der Waals surface area contributed by atoms with E-state index in [-0.39, 0.29) is 0 Å². The predicted octanol–water partition coefficient (Wildman–Crippen LogP) is -0.904. The standard InChI is InChI=1S/C4H8O4S/c1-9(6,7)8-4-2-3(4)5/h3-5H,2H2,1H3. The Morgan fingerprint density at radius 2 is 2.11 bits per heavy atom. The van der Waals surface area contributed by atoms with Crippen molar-refractivity contribution in [2.24, 2.45) is 0 Å². The second kappa shape index (κ2) is 1.93. The third-order valence-corrected chi connectivity index (χ3v) is 1.59. The molecule has 0 aromatic carbocycles. The lowest BCUT2D eigenvalue weighted by molar-refractivity contribution is 0.199. The summed E-state index contributed by atoms with van der Waals surface area (Å²) in [5, 5.41) is 8.60. The maximum atomic E-state index is 10.3. The van der Waals surface area contributed by atoms with E-state index in [1.807, 2.05) is 0 Å². The Morgan fingerprint density at radius 1 is 1.67 bits per heavy atom. The highest BCUT2D eigenvalue weighted by Crippen LogP contribution is 2.25. The van der Waals surface area contributed by atoms with Crippen molar-refractivity contribution in [3.05, 3.63) is 0 Å². The fourth-order valence-corrected chi connectivity index (χ4v) is 1.14. The highest BCUT2D eigenvalue weighted by atomic mass is 32.2. The van der Waals surface area contributed by atoms with Gasteiger partial charge in [-0.1, -0.05) is 0 Å². The van der Waals surface area contributed by atoms with Gasteiger partial charge in [0.05, 0.1) is 12.4 Å². The first-order valence-corrected chi connectivity index (χ1v) is 4.37. The van der Waals surface area contributed by atoms with Gasteiger partial charge in [-0.2, -0.15) is 8.42 Å². The monoisotopic (exact) mass is 152 g/mol. The van der Waals surface area contributed by atoms with Crippen LogP contribution in [0.1, 0.15) is 6.42 Å². The van der Waals surface area contributed by atoms with E-state index in [0.29, 0.717) is 6.42 Å². The van der Waals surface area contributed by atoms with Gasteiger partial charge in [0.2, 0.25) is 0 Å². The molecule has 2 atom stereocenters. The van der Waals surface area contributed by atoms with Crippen LogP contribution in [-0.2, 0) is 14.3 Å². The van der Waals surface area contributed by atoms with Gasteiger partial charge in [-0.15, -0.1) is 0 Å². The highest BCUT2D eigenvalue weighted by molar-refractivity contribution is 7.86. The van der Waals surface area contributed by atoms with E-state index in [4.69, 9.17) is 5.11 Å². The molecule has 0 aromatic rings. The van der Waals surface area contributed by atoms with Crippen molar-refractivity contribution in [2.75, 3.05) is 6.26 Å². The highest BCUT2D eigenvalue weighted by Gasteiger charge is 2.39. The summed E-state index contributed by atoms with van der Waals surface area (Å²) < 4.78 is 25.0. The van der Waals surface area contributed by atoms with Gasteiger partial charge in [-0.3, -0.25) is 4.18 Å². The SMILES string of the molecule is CS(=O)(=O)OC1CC1O. The molecule has 1 aliphatic rings. The first-order valence-electron chi connectivity index (χ1n) is 2.55. The molecule has 2 unspecified atom stereocenters. The van der Waals surface area contributed by atoms with Crippen LogP contribution in [0.4, 0.5) is 0 Å². The minimum atomic E-state index is -3.35. The van der Waals surface area contributed by atoms with Gasteiger partial charge in [0.15, 0.2) is 0 Å². The second-order valence-corrected chi connectivity index (χ2v) is 3.74. The Morgan fingerprint density at radius 3 is 2.22 bits per heavy atom. The largest absolute Gasteiger partial charge is 0.390 e. The minimum Gasteiger partial charge on any atom is -0.390 e. The molecule has 0 saturated heterocycles. The maximum absolute atomic E-state index is 10.3. The molecule has 0 radical (unpaired) electrons. The molecule has 1 rings (SSSR count). The summed E-state index contributed by atoms with van der Waals surface area (Å²) in [5.41, 5.74) is 0. The fourth-order valence-electron chi connectivity index (χ4n) is 0.487. The maximum Gasteiger partial charge on any atom is 0.264 e. The lowest BCUT2D eigenvalue weighted by Gasteiger charge is -1.94. The molecular weight excluding hydrogens is 144 g/mol. The van der Waals surface area contributed by atoms with Gasteiger partial charge >= 0.3 is 0 Å². The van der Waals surface area contributed by atoms with Gasteiger partial charge in [0, 0.05) is 6.42 Å². The third kappa shape index (κ3) is 2.30. The fraction of sp³-hybridized carbons (Fsp3) is 1.00. The second-order valence-electron chi connectivity index (χ2n) is 2.14. The molecule has 0 spiro atoms. The summed E-state index contributed by atoms with van der Waals surface area (Å²) in [5.74, 6) is 0. The molecule has 1 saturated carbocycles. The summed E-state index contributed by atoms with van der Waals surface area (Å²) in [6, 6.07) is 0. The van der Waals surface area contributed by atoms with Gasteiger partial charge in [-0.25, -0.2) is 0 Å². The van der Waals surface area contributed by atoms with Crippen molar-refractivity contribution >= 4 is 10.1 Å². The number of hydrogen-bond acceptors (Lipinski definition) is 4. The third-order valence-electron chi connectivity index (χ3n) is 0.998. The van der Waals surface area contributed by atoms with Crippen LogP contribution in [0.2, 0.25) is 0 Å². The van der Waals surface area contributed by atoms with E-state index in [1.54, 1.807) is 0 Å². The number of rotatable bonds is 2. The topological polar surface area (TPSA) is 63.6 Å². The molecular formula is C4H8O4S. The first-order chi connectivity index (χ1) is 3.99. The summed E-state index contributed by atoms with van der Waals surface area (Å²) >= 11 is 0. The zero-order chi connectivity index (χ0) is 7.07. The van der Waals surface area contributed by atoms with Crippen LogP contribution >= 0.6 is 0 Å². The van der Waals surface area contributed by atoms with Crippen molar-refractivity contribution in [3.63, 3.8) is 0 Å². The average molecular weight is 152 g/mol. The minimum absolute atomic E-state index is 0.438. The normalized spacial score (nSPS) is 34.4. The quantitative estimate of drug-likeness (QED) is 0.520. The van der Waals surface area contributed by atoms with Crippen LogP contribution in [-0.4, -0.2) is 32.0 Å². The number of aliphatic hydroxyl groups is 1. The van der Waals surface area contributed by atoms with Gasteiger partial charge in [-0.05, 0) is 0 Å². The lowest BCUT2D eigenvalue weighted by Crippen LogP contribution is -2.07. The van der Waals surface area contributed by atoms with Crippen LogP contribution in [0, 0.1) is 0 Å². The average Bonchev–Trinajstić information content (AvgIpc) is 2.13. The zero-order valence-electron chi connectivity index (χ0n) is 4.94.